The van der Waals surface area contributed by atoms with E-state index in [-0.39, 0.29) is 0 Å². The van der Waals surface area contributed by atoms with E-state index in [4.69, 9.17) is 4.42 Å². The highest BCUT2D eigenvalue weighted by Crippen LogP contribution is 2.19. The molecule has 0 aliphatic heterocycles. The van der Waals surface area contributed by atoms with E-state index in [1.165, 1.54) is 5.56 Å². The Morgan fingerprint density at radius 2 is 1.45 bits per heavy atom. The highest BCUT2D eigenvalue weighted by atomic mass is 16.4. The van der Waals surface area contributed by atoms with Gasteiger partial charge in [0.1, 0.15) is 0 Å². The fourth-order valence-electron chi connectivity index (χ4n) is 1.91. The van der Waals surface area contributed by atoms with Crippen molar-refractivity contribution in [2.24, 2.45) is 0 Å². The van der Waals surface area contributed by atoms with E-state index in [0.717, 1.165) is 11.1 Å². The van der Waals surface area contributed by atoms with Crippen LogP contribution in [0.1, 0.15) is 17.0 Å². The maximum Gasteiger partial charge on any atom is 0.247 e. The number of aryl methyl sites for hydroxylation is 1. The van der Waals surface area contributed by atoms with Crippen LogP contribution in [-0.4, -0.2) is 10.2 Å². The minimum Gasteiger partial charge on any atom is -0.421 e. The molecular weight excluding hydrogens is 248 g/mol. The van der Waals surface area contributed by atoms with Gasteiger partial charge in [0.25, 0.3) is 0 Å². The third-order valence-corrected chi connectivity index (χ3v) is 2.95. The monoisotopic (exact) mass is 262 g/mol. The number of rotatable bonds is 3. The summed E-state index contributed by atoms with van der Waals surface area (Å²) in [6.07, 6.45) is 4.17. The Labute approximate surface area is 117 Å². The van der Waals surface area contributed by atoms with Crippen LogP contribution >= 0.6 is 0 Å². The molecule has 0 bridgehead atoms. The lowest BCUT2D eigenvalue weighted by atomic mass is 10.1. The van der Waals surface area contributed by atoms with Crippen molar-refractivity contribution in [1.82, 2.24) is 10.2 Å². The van der Waals surface area contributed by atoms with Crippen LogP contribution in [0.15, 0.2) is 59.0 Å². The molecule has 3 nitrogen and oxygen atoms in total. The summed E-state index contributed by atoms with van der Waals surface area (Å²) in [5.74, 6) is 1.13. The summed E-state index contributed by atoms with van der Waals surface area (Å²) in [6, 6.07) is 18.3. The first-order chi connectivity index (χ1) is 9.81. The fourth-order valence-corrected chi connectivity index (χ4v) is 1.91. The van der Waals surface area contributed by atoms with Crippen LogP contribution in [0.5, 0.6) is 0 Å². The van der Waals surface area contributed by atoms with Crippen molar-refractivity contribution in [2.75, 3.05) is 0 Å². The van der Waals surface area contributed by atoms with Crippen LogP contribution in [0.2, 0.25) is 0 Å². The minimum atomic E-state index is 0.557. The molecule has 0 amide bonds. The average molecular weight is 262 g/mol. The van der Waals surface area contributed by atoms with Crippen LogP contribution in [-0.2, 0) is 0 Å². The minimum absolute atomic E-state index is 0.557. The summed E-state index contributed by atoms with van der Waals surface area (Å²) in [7, 11) is 0. The van der Waals surface area contributed by atoms with Crippen molar-refractivity contribution in [3.8, 4) is 11.5 Å². The summed E-state index contributed by atoms with van der Waals surface area (Å²) >= 11 is 0. The number of hydrogen-bond donors (Lipinski definition) is 0. The normalized spacial score (nSPS) is 11.1. The maximum absolute atomic E-state index is 5.40. The second kappa shape index (κ2) is 5.53. The van der Waals surface area contributed by atoms with Crippen molar-refractivity contribution in [1.29, 1.82) is 0 Å². The molecule has 0 radical (unpaired) electrons. The van der Waals surface area contributed by atoms with Crippen molar-refractivity contribution < 1.29 is 4.42 Å². The van der Waals surface area contributed by atoms with Gasteiger partial charge in [0.2, 0.25) is 11.8 Å². The zero-order valence-corrected chi connectivity index (χ0v) is 11.2. The predicted molar refractivity (Wildman–Crippen MR) is 79.8 cm³/mol. The first kappa shape index (κ1) is 12.4. The predicted octanol–water partition coefficient (Wildman–Crippen LogP) is 4.22. The van der Waals surface area contributed by atoms with Gasteiger partial charge in [0, 0.05) is 12.5 Å². The van der Waals surface area contributed by atoms with Crippen LogP contribution in [0.4, 0.5) is 0 Å². The van der Waals surface area contributed by atoms with Crippen molar-refractivity contribution >= 4 is 12.2 Å². The molecule has 0 N–H and O–H groups in total. The Morgan fingerprint density at radius 1 is 0.800 bits per heavy atom. The van der Waals surface area contributed by atoms with Crippen LogP contribution < -0.4 is 0 Å². The van der Waals surface area contributed by atoms with Crippen molar-refractivity contribution in [3.63, 3.8) is 0 Å². The lowest BCUT2D eigenvalue weighted by Gasteiger charge is -1.97. The molecule has 0 aliphatic rings. The van der Waals surface area contributed by atoms with Gasteiger partial charge in [-0.2, -0.15) is 0 Å². The first-order valence-corrected chi connectivity index (χ1v) is 6.45. The van der Waals surface area contributed by atoms with Crippen LogP contribution in [0.25, 0.3) is 23.6 Å². The van der Waals surface area contributed by atoms with E-state index >= 15 is 0 Å². The summed E-state index contributed by atoms with van der Waals surface area (Å²) in [5, 5.41) is 7.84. The SMILES string of the molecule is Cc1nnc(-c2ccc(/C=C/c3ccccc3)cc2)o1. The average Bonchev–Trinajstić information content (AvgIpc) is 2.93. The smallest absolute Gasteiger partial charge is 0.247 e. The van der Waals surface area contributed by atoms with Gasteiger partial charge < -0.3 is 4.42 Å². The molecular formula is C17H14N2O. The third kappa shape index (κ3) is 2.83. The quantitative estimate of drug-likeness (QED) is 0.663. The molecule has 1 heterocycles. The Hall–Kier alpha value is -2.68. The number of nitrogens with zero attached hydrogens (tertiary/aromatic N) is 2. The molecule has 0 atom stereocenters. The van der Waals surface area contributed by atoms with Crippen molar-refractivity contribution in [2.45, 2.75) is 6.92 Å². The van der Waals surface area contributed by atoms with Crippen molar-refractivity contribution in [3.05, 3.63) is 71.6 Å². The number of hydrogen-bond acceptors (Lipinski definition) is 3. The molecule has 3 heteroatoms. The van der Waals surface area contributed by atoms with E-state index in [2.05, 4.69) is 34.5 Å². The molecule has 98 valence electrons. The molecule has 0 saturated heterocycles. The standard InChI is InChI=1S/C17H14N2O/c1-13-18-19-17(20-13)16-11-9-15(10-12-16)8-7-14-5-3-2-4-6-14/h2-12H,1H3/b8-7+. The van der Waals surface area contributed by atoms with E-state index < -0.39 is 0 Å². The molecule has 0 saturated carbocycles. The Bertz CT molecular complexity index is 712. The molecule has 3 aromatic rings. The second-order valence-electron chi connectivity index (χ2n) is 4.49. The molecule has 3 rings (SSSR count). The lowest BCUT2D eigenvalue weighted by molar-refractivity contribution is 0.533. The van der Waals surface area contributed by atoms with E-state index in [9.17, 15) is 0 Å². The van der Waals surface area contributed by atoms with E-state index in [0.29, 0.717) is 11.8 Å². The van der Waals surface area contributed by atoms with Crippen LogP contribution in [0, 0.1) is 6.92 Å². The third-order valence-electron chi connectivity index (χ3n) is 2.95. The highest BCUT2D eigenvalue weighted by Gasteiger charge is 2.04. The van der Waals surface area contributed by atoms with Gasteiger partial charge >= 0.3 is 0 Å². The zero-order chi connectivity index (χ0) is 13.8. The molecule has 2 aromatic carbocycles. The Balaban J connectivity index is 1.78. The molecule has 0 unspecified atom stereocenters. The topological polar surface area (TPSA) is 38.9 Å². The van der Waals surface area contributed by atoms with Gasteiger partial charge in [0.15, 0.2) is 0 Å². The van der Waals surface area contributed by atoms with Gasteiger partial charge in [0.05, 0.1) is 0 Å². The number of benzene rings is 2. The van der Waals surface area contributed by atoms with E-state index in [1.54, 1.807) is 6.92 Å². The molecule has 0 spiro atoms. The summed E-state index contributed by atoms with van der Waals surface area (Å²) < 4.78 is 5.40. The molecule has 0 aliphatic carbocycles. The Morgan fingerprint density at radius 3 is 2.05 bits per heavy atom. The number of aromatic nitrogens is 2. The summed E-state index contributed by atoms with van der Waals surface area (Å²) in [6.45, 7) is 1.79. The summed E-state index contributed by atoms with van der Waals surface area (Å²) in [5.41, 5.74) is 3.25. The van der Waals surface area contributed by atoms with Gasteiger partial charge in [-0.1, -0.05) is 54.6 Å². The van der Waals surface area contributed by atoms with Gasteiger partial charge in [-0.3, -0.25) is 0 Å². The second-order valence-corrected chi connectivity index (χ2v) is 4.49. The fraction of sp³-hybridized carbons (Fsp3) is 0.0588. The van der Waals surface area contributed by atoms with Crippen LogP contribution in [0.3, 0.4) is 0 Å². The molecule has 0 fully saturated rings. The first-order valence-electron chi connectivity index (χ1n) is 6.45. The summed E-state index contributed by atoms with van der Waals surface area (Å²) in [4.78, 5) is 0. The van der Waals surface area contributed by atoms with Gasteiger partial charge in [-0.25, -0.2) is 0 Å². The van der Waals surface area contributed by atoms with Gasteiger partial charge in [-0.15, -0.1) is 10.2 Å². The Kier molecular flexibility index (Phi) is 3.42. The largest absolute Gasteiger partial charge is 0.421 e. The highest BCUT2D eigenvalue weighted by molar-refractivity contribution is 5.70. The molecule has 1 aromatic heterocycles. The van der Waals surface area contributed by atoms with Gasteiger partial charge in [-0.05, 0) is 23.3 Å². The lowest BCUT2D eigenvalue weighted by Crippen LogP contribution is -1.78. The van der Waals surface area contributed by atoms with E-state index in [1.807, 2.05) is 42.5 Å². The zero-order valence-electron chi connectivity index (χ0n) is 11.2. The molecule has 20 heavy (non-hydrogen) atoms. The maximum atomic E-state index is 5.40.